The number of carbonyl (C=O) groups excluding carboxylic acids is 1. The number of nitrogens with zero attached hydrogens (tertiary/aromatic N) is 2. The molecule has 0 radical (unpaired) electrons. The molecule has 1 fully saturated rings. The molecule has 4 heterocycles. The van der Waals surface area contributed by atoms with Gasteiger partial charge in [-0.05, 0) is 30.4 Å². The van der Waals surface area contributed by atoms with Gasteiger partial charge in [-0.1, -0.05) is 39.0 Å². The van der Waals surface area contributed by atoms with E-state index in [2.05, 4.69) is 10.3 Å². The van der Waals surface area contributed by atoms with E-state index in [1.54, 1.807) is 0 Å². The lowest BCUT2D eigenvalue weighted by Gasteiger charge is -2.46. The van der Waals surface area contributed by atoms with Crippen molar-refractivity contribution >= 4 is 22.9 Å². The molecule has 0 saturated carbocycles. The minimum absolute atomic E-state index is 0.0607. The molecule has 3 aromatic rings. The van der Waals surface area contributed by atoms with Crippen LogP contribution in [0.25, 0.3) is 22.2 Å². The number of rotatable bonds is 3. The second-order valence-corrected chi connectivity index (χ2v) is 10.2. The van der Waals surface area contributed by atoms with E-state index in [0.29, 0.717) is 24.5 Å². The molecule has 1 aromatic carbocycles. The minimum Gasteiger partial charge on any atom is -0.472 e. The van der Waals surface area contributed by atoms with Gasteiger partial charge >= 0.3 is 6.09 Å². The Morgan fingerprint density at radius 1 is 1.21 bits per heavy atom. The number of carboxylic acid groups (broad SMARTS) is 1. The molecule has 0 bridgehead atoms. The van der Waals surface area contributed by atoms with Gasteiger partial charge in [0.25, 0.3) is 5.91 Å². The topological polar surface area (TPSA) is 108 Å². The first-order chi connectivity index (χ1) is 16.2. The normalized spacial score (nSPS) is 20.7. The maximum Gasteiger partial charge on any atom is 0.407 e. The third-order valence-electron chi connectivity index (χ3n) is 6.77. The molecule has 2 aliphatic rings. The SMILES string of the molecule is CC(C)(C)C1C(Oc2ccc3cccc(-c4cc5c([nH]4)CCNC5=O)c3n2)CCCN1C(=O)O. The summed E-state index contributed by atoms with van der Waals surface area (Å²) in [6.07, 6.45) is 1.08. The first kappa shape index (κ1) is 22.3. The van der Waals surface area contributed by atoms with Gasteiger partial charge in [0.2, 0.25) is 5.88 Å². The quantitative estimate of drug-likeness (QED) is 0.533. The number of hydrogen-bond donors (Lipinski definition) is 3. The van der Waals surface area contributed by atoms with Crippen LogP contribution in [0.4, 0.5) is 4.79 Å². The van der Waals surface area contributed by atoms with Crippen molar-refractivity contribution in [2.24, 2.45) is 5.41 Å². The molecule has 5 rings (SSSR count). The fourth-order valence-corrected chi connectivity index (χ4v) is 5.33. The number of aromatic nitrogens is 2. The number of benzene rings is 1. The molecule has 34 heavy (non-hydrogen) atoms. The van der Waals surface area contributed by atoms with E-state index in [0.717, 1.165) is 47.1 Å². The molecule has 178 valence electrons. The average molecular weight is 463 g/mol. The third-order valence-corrected chi connectivity index (χ3v) is 6.77. The average Bonchev–Trinajstić information content (AvgIpc) is 3.23. The third kappa shape index (κ3) is 3.97. The zero-order valence-corrected chi connectivity index (χ0v) is 19.7. The van der Waals surface area contributed by atoms with Crippen LogP contribution in [0.1, 0.15) is 49.7 Å². The maximum absolute atomic E-state index is 12.2. The summed E-state index contributed by atoms with van der Waals surface area (Å²) in [7, 11) is 0. The summed E-state index contributed by atoms with van der Waals surface area (Å²) in [5.74, 6) is 0.412. The predicted octanol–water partition coefficient (Wildman–Crippen LogP) is 4.45. The Bertz CT molecular complexity index is 1260. The van der Waals surface area contributed by atoms with Crippen LogP contribution in [0.15, 0.2) is 36.4 Å². The summed E-state index contributed by atoms with van der Waals surface area (Å²) in [5, 5.41) is 13.6. The van der Waals surface area contributed by atoms with Gasteiger partial charge in [0.15, 0.2) is 0 Å². The number of para-hydroxylation sites is 1. The van der Waals surface area contributed by atoms with Crippen LogP contribution in [0, 0.1) is 5.41 Å². The summed E-state index contributed by atoms with van der Waals surface area (Å²) in [6, 6.07) is 11.4. The number of carbonyl (C=O) groups is 2. The number of piperidine rings is 1. The highest BCUT2D eigenvalue weighted by Gasteiger charge is 2.43. The molecule has 0 spiro atoms. The number of ether oxygens (including phenoxy) is 1. The van der Waals surface area contributed by atoms with E-state index >= 15 is 0 Å². The number of H-pyrrole nitrogens is 1. The Kier molecular flexibility index (Phi) is 5.46. The molecule has 2 aromatic heterocycles. The van der Waals surface area contributed by atoms with Gasteiger partial charge in [-0.25, -0.2) is 9.78 Å². The predicted molar refractivity (Wildman–Crippen MR) is 129 cm³/mol. The van der Waals surface area contributed by atoms with E-state index in [4.69, 9.17) is 9.72 Å². The molecule has 2 unspecified atom stereocenters. The van der Waals surface area contributed by atoms with E-state index in [1.807, 2.05) is 57.2 Å². The van der Waals surface area contributed by atoms with E-state index in [-0.39, 0.29) is 23.5 Å². The summed E-state index contributed by atoms with van der Waals surface area (Å²) >= 11 is 0. The monoisotopic (exact) mass is 462 g/mol. The van der Waals surface area contributed by atoms with Crippen LogP contribution in [-0.2, 0) is 6.42 Å². The van der Waals surface area contributed by atoms with E-state index in [9.17, 15) is 14.7 Å². The van der Waals surface area contributed by atoms with Crippen molar-refractivity contribution in [3.05, 3.63) is 47.7 Å². The number of aromatic amines is 1. The molecule has 8 nitrogen and oxygen atoms in total. The van der Waals surface area contributed by atoms with Gasteiger partial charge in [0.05, 0.1) is 17.1 Å². The van der Waals surface area contributed by atoms with Crippen LogP contribution in [0.2, 0.25) is 0 Å². The van der Waals surface area contributed by atoms with Crippen molar-refractivity contribution in [3.8, 4) is 17.1 Å². The van der Waals surface area contributed by atoms with Gasteiger partial charge < -0.3 is 25.0 Å². The molecule has 1 saturated heterocycles. The second-order valence-electron chi connectivity index (χ2n) is 10.2. The molecule has 0 aliphatic carbocycles. The molecular weight excluding hydrogens is 432 g/mol. The lowest BCUT2D eigenvalue weighted by molar-refractivity contribution is -0.0200. The fourth-order valence-electron chi connectivity index (χ4n) is 5.33. The van der Waals surface area contributed by atoms with Gasteiger partial charge in [-0.15, -0.1) is 0 Å². The first-order valence-corrected chi connectivity index (χ1v) is 11.8. The number of hydrogen-bond acceptors (Lipinski definition) is 4. The standard InChI is InChI=1S/C26H30N4O4/c1-26(2,3)23-20(8-5-13-30(23)25(32)33)34-21-10-9-15-6-4-7-16(22(15)29-21)19-14-17-18(28-19)11-12-27-24(17)31/h4,6-7,9-10,14,20,23,28H,5,8,11-13H2,1-3H3,(H,27,31)(H,32,33). The Morgan fingerprint density at radius 2 is 2.03 bits per heavy atom. The molecule has 8 heteroatoms. The number of nitrogens with one attached hydrogen (secondary N) is 2. The van der Waals surface area contributed by atoms with E-state index < -0.39 is 6.09 Å². The smallest absolute Gasteiger partial charge is 0.407 e. The lowest BCUT2D eigenvalue weighted by atomic mass is 9.79. The molecule has 2 atom stereocenters. The Morgan fingerprint density at radius 3 is 2.76 bits per heavy atom. The Labute approximate surface area is 198 Å². The maximum atomic E-state index is 12.2. The van der Waals surface area contributed by atoms with Crippen LogP contribution in [0.5, 0.6) is 5.88 Å². The Balaban J connectivity index is 1.51. The van der Waals surface area contributed by atoms with Crippen LogP contribution >= 0.6 is 0 Å². The van der Waals surface area contributed by atoms with Crippen molar-refractivity contribution in [3.63, 3.8) is 0 Å². The van der Waals surface area contributed by atoms with Crippen molar-refractivity contribution in [2.75, 3.05) is 13.1 Å². The molecule has 2 aliphatic heterocycles. The van der Waals surface area contributed by atoms with Crippen molar-refractivity contribution in [1.29, 1.82) is 0 Å². The zero-order chi connectivity index (χ0) is 24.0. The lowest BCUT2D eigenvalue weighted by Crippen LogP contribution is -2.58. The molecular formula is C26H30N4O4. The summed E-state index contributed by atoms with van der Waals surface area (Å²) < 4.78 is 6.38. The van der Waals surface area contributed by atoms with Gasteiger partial charge in [0, 0.05) is 47.9 Å². The highest BCUT2D eigenvalue weighted by atomic mass is 16.5. The van der Waals surface area contributed by atoms with E-state index in [1.165, 1.54) is 4.90 Å². The number of fused-ring (bicyclic) bond motifs is 2. The second kappa shape index (κ2) is 8.34. The van der Waals surface area contributed by atoms with Gasteiger partial charge in [-0.2, -0.15) is 0 Å². The van der Waals surface area contributed by atoms with Crippen molar-refractivity contribution in [2.45, 2.75) is 52.2 Å². The zero-order valence-electron chi connectivity index (χ0n) is 19.7. The fraction of sp³-hybridized carbons (Fsp3) is 0.423. The molecule has 2 amide bonds. The summed E-state index contributed by atoms with van der Waals surface area (Å²) in [6.45, 7) is 7.28. The number of likely N-dealkylation sites (tertiary alicyclic amines) is 1. The van der Waals surface area contributed by atoms with Gasteiger partial charge in [0.1, 0.15) is 6.10 Å². The largest absolute Gasteiger partial charge is 0.472 e. The van der Waals surface area contributed by atoms with Gasteiger partial charge in [-0.3, -0.25) is 4.79 Å². The van der Waals surface area contributed by atoms with Crippen molar-refractivity contribution in [1.82, 2.24) is 20.2 Å². The number of pyridine rings is 1. The number of amides is 2. The first-order valence-electron chi connectivity index (χ1n) is 11.8. The summed E-state index contributed by atoms with van der Waals surface area (Å²) in [4.78, 5) is 33.9. The highest BCUT2D eigenvalue weighted by Crippen LogP contribution is 2.36. The molecule has 3 N–H and O–H groups in total. The van der Waals surface area contributed by atoms with Crippen LogP contribution in [0.3, 0.4) is 0 Å². The highest BCUT2D eigenvalue weighted by molar-refractivity contribution is 6.00. The minimum atomic E-state index is -0.915. The van der Waals surface area contributed by atoms with Crippen LogP contribution < -0.4 is 10.1 Å². The Hall–Kier alpha value is -3.55. The van der Waals surface area contributed by atoms with Crippen LogP contribution in [-0.4, -0.2) is 57.2 Å². The summed E-state index contributed by atoms with van der Waals surface area (Å²) in [5.41, 5.74) is 3.85. The van der Waals surface area contributed by atoms with Crippen molar-refractivity contribution < 1.29 is 19.4 Å².